The van der Waals surface area contributed by atoms with Crippen LogP contribution in [0.2, 0.25) is 0 Å². The van der Waals surface area contributed by atoms with Crippen LogP contribution in [0.25, 0.3) is 0 Å². The SMILES string of the molecule is COC(=O)C1=C(C=O)N=C(C)C(C(=O)O)C1c1ccccc1OC. The molecule has 0 aromatic heterocycles. The molecule has 0 radical (unpaired) electrons. The maximum absolute atomic E-state index is 12.3. The van der Waals surface area contributed by atoms with Crippen molar-refractivity contribution in [3.63, 3.8) is 0 Å². The number of aldehydes is 1. The van der Waals surface area contributed by atoms with Crippen molar-refractivity contribution in [2.45, 2.75) is 12.8 Å². The van der Waals surface area contributed by atoms with Gasteiger partial charge >= 0.3 is 11.9 Å². The average Bonchev–Trinajstić information content (AvgIpc) is 2.59. The fraction of sp³-hybridized carbons (Fsp3) is 0.294. The van der Waals surface area contributed by atoms with E-state index in [2.05, 4.69) is 4.99 Å². The van der Waals surface area contributed by atoms with Crippen molar-refractivity contribution in [3.05, 3.63) is 41.1 Å². The summed E-state index contributed by atoms with van der Waals surface area (Å²) in [6.45, 7) is 1.51. The highest BCUT2D eigenvalue weighted by Gasteiger charge is 2.43. The lowest BCUT2D eigenvalue weighted by atomic mass is 9.75. The van der Waals surface area contributed by atoms with Gasteiger partial charge < -0.3 is 14.6 Å². The van der Waals surface area contributed by atoms with Crippen molar-refractivity contribution in [2.75, 3.05) is 14.2 Å². The second kappa shape index (κ2) is 7.08. The van der Waals surface area contributed by atoms with Crippen LogP contribution < -0.4 is 4.74 Å². The summed E-state index contributed by atoms with van der Waals surface area (Å²) in [5.74, 6) is -3.59. The molecule has 2 unspecified atom stereocenters. The Labute approximate surface area is 138 Å². The van der Waals surface area contributed by atoms with Gasteiger partial charge in [-0.1, -0.05) is 18.2 Å². The number of hydrogen-bond acceptors (Lipinski definition) is 6. The van der Waals surface area contributed by atoms with E-state index >= 15 is 0 Å². The maximum Gasteiger partial charge on any atom is 0.336 e. The number of rotatable bonds is 5. The molecule has 0 bridgehead atoms. The predicted molar refractivity (Wildman–Crippen MR) is 85.1 cm³/mol. The van der Waals surface area contributed by atoms with Crippen LogP contribution in [0.5, 0.6) is 5.75 Å². The summed E-state index contributed by atoms with van der Waals surface area (Å²) >= 11 is 0. The number of aliphatic imine (C=N–C) groups is 1. The third kappa shape index (κ3) is 2.92. The molecule has 1 aromatic rings. The maximum atomic E-state index is 12.3. The van der Waals surface area contributed by atoms with E-state index in [4.69, 9.17) is 9.47 Å². The van der Waals surface area contributed by atoms with Crippen molar-refractivity contribution < 1.29 is 29.0 Å². The molecule has 0 spiro atoms. The van der Waals surface area contributed by atoms with Crippen LogP contribution in [0.3, 0.4) is 0 Å². The van der Waals surface area contributed by atoms with Crippen LogP contribution >= 0.6 is 0 Å². The zero-order chi connectivity index (χ0) is 17.9. The molecule has 0 amide bonds. The van der Waals surface area contributed by atoms with Crippen LogP contribution in [0.1, 0.15) is 18.4 Å². The molecule has 1 N–H and O–H groups in total. The Morgan fingerprint density at radius 3 is 2.46 bits per heavy atom. The summed E-state index contributed by atoms with van der Waals surface area (Å²) in [6.07, 6.45) is 0.427. The second-order valence-electron chi connectivity index (χ2n) is 5.20. The molecular formula is C17H17NO6. The molecule has 1 heterocycles. The zero-order valence-corrected chi connectivity index (χ0v) is 13.5. The van der Waals surface area contributed by atoms with Gasteiger partial charge in [0.25, 0.3) is 0 Å². The van der Waals surface area contributed by atoms with E-state index in [9.17, 15) is 19.5 Å². The quantitative estimate of drug-likeness (QED) is 0.649. The van der Waals surface area contributed by atoms with Crippen LogP contribution in [0.15, 0.2) is 40.5 Å². The number of ether oxygens (including phenoxy) is 2. The number of benzene rings is 1. The molecule has 7 heteroatoms. The molecule has 0 fully saturated rings. The van der Waals surface area contributed by atoms with Crippen LogP contribution in [0.4, 0.5) is 0 Å². The van der Waals surface area contributed by atoms with Gasteiger partial charge in [0.1, 0.15) is 17.4 Å². The minimum Gasteiger partial charge on any atom is -0.496 e. The minimum absolute atomic E-state index is 0.0880. The number of methoxy groups -OCH3 is 2. The molecule has 0 saturated heterocycles. The Hall–Kier alpha value is -2.96. The molecule has 1 aliphatic heterocycles. The number of carbonyl (C=O) groups excluding carboxylic acids is 2. The number of carbonyl (C=O) groups is 3. The Balaban J connectivity index is 2.79. The smallest absolute Gasteiger partial charge is 0.336 e. The highest BCUT2D eigenvalue weighted by atomic mass is 16.5. The molecule has 2 rings (SSSR count). The fourth-order valence-electron chi connectivity index (χ4n) is 2.90. The Bertz CT molecular complexity index is 749. The lowest BCUT2D eigenvalue weighted by Crippen LogP contribution is -2.35. The van der Waals surface area contributed by atoms with Crippen LogP contribution in [-0.4, -0.2) is 43.3 Å². The highest BCUT2D eigenvalue weighted by molar-refractivity contribution is 6.09. The summed E-state index contributed by atoms with van der Waals surface area (Å²) in [5.41, 5.74) is 0.484. The molecule has 2 atom stereocenters. The van der Waals surface area contributed by atoms with Crippen molar-refractivity contribution in [2.24, 2.45) is 10.9 Å². The molecular weight excluding hydrogens is 314 g/mol. The van der Waals surface area contributed by atoms with Gasteiger partial charge in [-0.15, -0.1) is 0 Å². The molecule has 1 aromatic carbocycles. The van der Waals surface area contributed by atoms with E-state index in [1.54, 1.807) is 24.3 Å². The van der Waals surface area contributed by atoms with Gasteiger partial charge in [0, 0.05) is 17.2 Å². The Morgan fingerprint density at radius 2 is 1.92 bits per heavy atom. The number of esters is 1. The largest absolute Gasteiger partial charge is 0.496 e. The molecule has 24 heavy (non-hydrogen) atoms. The first kappa shape index (κ1) is 17.4. The third-order valence-electron chi connectivity index (χ3n) is 3.92. The van der Waals surface area contributed by atoms with Crippen LogP contribution in [-0.2, 0) is 19.1 Å². The number of nitrogens with zero attached hydrogens (tertiary/aromatic N) is 1. The highest BCUT2D eigenvalue weighted by Crippen LogP contribution is 2.42. The van der Waals surface area contributed by atoms with Gasteiger partial charge in [-0.25, -0.2) is 4.79 Å². The first-order valence-electron chi connectivity index (χ1n) is 7.14. The first-order chi connectivity index (χ1) is 11.5. The topological polar surface area (TPSA) is 102 Å². The first-order valence-corrected chi connectivity index (χ1v) is 7.14. The molecule has 1 aliphatic rings. The van der Waals surface area contributed by atoms with E-state index < -0.39 is 23.8 Å². The summed E-state index contributed by atoms with van der Waals surface area (Å²) in [6, 6.07) is 6.74. The van der Waals surface area contributed by atoms with E-state index in [0.29, 0.717) is 17.6 Å². The van der Waals surface area contributed by atoms with E-state index in [0.717, 1.165) is 7.11 Å². The van der Waals surface area contributed by atoms with Crippen molar-refractivity contribution >= 4 is 23.9 Å². The van der Waals surface area contributed by atoms with E-state index in [1.807, 2.05) is 0 Å². The monoisotopic (exact) mass is 331 g/mol. The Morgan fingerprint density at radius 1 is 1.25 bits per heavy atom. The van der Waals surface area contributed by atoms with Gasteiger partial charge in [-0.3, -0.25) is 14.6 Å². The van der Waals surface area contributed by atoms with Gasteiger partial charge in [0.2, 0.25) is 0 Å². The Kier molecular flexibility index (Phi) is 5.13. The average molecular weight is 331 g/mol. The number of carboxylic acid groups (broad SMARTS) is 1. The number of carboxylic acids is 1. The zero-order valence-electron chi connectivity index (χ0n) is 13.5. The van der Waals surface area contributed by atoms with Crippen molar-refractivity contribution in [1.82, 2.24) is 0 Å². The van der Waals surface area contributed by atoms with Gasteiger partial charge in [-0.05, 0) is 13.0 Å². The predicted octanol–water partition coefficient (Wildman–Crippen LogP) is 1.58. The number of para-hydroxylation sites is 1. The standard InChI is InChI=1S/C17H17NO6/c1-9-13(16(20)21)14(10-6-4-5-7-12(10)23-2)15(17(22)24-3)11(8-19)18-9/h4-8,13-14H,1-3H3,(H,20,21). The van der Waals surface area contributed by atoms with Gasteiger partial charge in [0.05, 0.1) is 19.8 Å². The molecule has 0 saturated carbocycles. The molecule has 0 aliphatic carbocycles. The minimum atomic E-state index is -1.15. The number of aliphatic carboxylic acids is 1. The van der Waals surface area contributed by atoms with Gasteiger partial charge in [-0.2, -0.15) is 0 Å². The molecule has 7 nitrogen and oxygen atoms in total. The number of allylic oxidation sites excluding steroid dienone is 1. The van der Waals surface area contributed by atoms with Gasteiger partial charge in [0.15, 0.2) is 6.29 Å². The van der Waals surface area contributed by atoms with E-state index in [-0.39, 0.29) is 17.0 Å². The van der Waals surface area contributed by atoms with Crippen molar-refractivity contribution in [3.8, 4) is 5.75 Å². The van der Waals surface area contributed by atoms with Crippen LogP contribution in [0, 0.1) is 5.92 Å². The summed E-state index contributed by atoms with van der Waals surface area (Å²) in [5, 5.41) is 9.65. The van der Waals surface area contributed by atoms with Crippen molar-refractivity contribution in [1.29, 1.82) is 0 Å². The summed E-state index contributed by atoms with van der Waals surface area (Å²) in [4.78, 5) is 39.5. The lowest BCUT2D eigenvalue weighted by molar-refractivity contribution is -0.140. The third-order valence-corrected chi connectivity index (χ3v) is 3.92. The van der Waals surface area contributed by atoms with E-state index in [1.165, 1.54) is 14.0 Å². The summed E-state index contributed by atoms with van der Waals surface area (Å²) < 4.78 is 10.0. The fourth-order valence-corrected chi connectivity index (χ4v) is 2.90. The summed E-state index contributed by atoms with van der Waals surface area (Å²) in [7, 11) is 2.61. The second-order valence-corrected chi connectivity index (χ2v) is 5.20. The number of hydrogen-bond donors (Lipinski definition) is 1. The normalized spacial score (nSPS) is 20.2. The molecule has 126 valence electrons. The lowest BCUT2D eigenvalue weighted by Gasteiger charge is -2.30.